The van der Waals surface area contributed by atoms with E-state index in [9.17, 15) is 14.7 Å². The molecule has 0 unspecified atom stereocenters. The fraction of sp³-hybridized carbons (Fsp3) is 0.731. The lowest BCUT2D eigenvalue weighted by atomic mass is 9.52. The number of rotatable bonds is 8. The Morgan fingerprint density at radius 3 is 2.71 bits per heavy atom. The molecule has 2 heterocycles. The summed E-state index contributed by atoms with van der Waals surface area (Å²) in [5.41, 5.74) is 0.157. The SMILES string of the molecule is CCCSc1nc(N2CC[C@@H](CC(=O)OC)C2)ccc1C(=O)NC1[C@H]2CC3C[C@H]1CC(O)(C3)C2. The van der Waals surface area contributed by atoms with Crippen molar-refractivity contribution in [3.8, 4) is 0 Å². The van der Waals surface area contributed by atoms with Crippen LogP contribution in [0.5, 0.6) is 0 Å². The highest BCUT2D eigenvalue weighted by atomic mass is 32.2. The van der Waals surface area contributed by atoms with E-state index in [-0.39, 0.29) is 23.8 Å². The fourth-order valence-electron chi connectivity index (χ4n) is 7.06. The lowest BCUT2D eigenvalue weighted by Gasteiger charge is -2.58. The first kappa shape index (κ1) is 23.9. The number of hydrogen-bond acceptors (Lipinski definition) is 7. The molecule has 3 atom stereocenters. The smallest absolute Gasteiger partial charge is 0.305 e. The highest BCUT2D eigenvalue weighted by Crippen LogP contribution is 2.55. The van der Waals surface area contributed by atoms with E-state index >= 15 is 0 Å². The Morgan fingerprint density at radius 1 is 1.26 bits per heavy atom. The lowest BCUT2D eigenvalue weighted by Crippen LogP contribution is -2.61. The van der Waals surface area contributed by atoms with E-state index in [0.29, 0.717) is 29.7 Å². The molecule has 0 spiro atoms. The van der Waals surface area contributed by atoms with Crippen LogP contribution in [-0.4, -0.2) is 59.6 Å². The molecule has 1 saturated heterocycles. The maximum Gasteiger partial charge on any atom is 0.305 e. The van der Waals surface area contributed by atoms with Crippen LogP contribution in [0.1, 0.15) is 68.6 Å². The van der Waals surface area contributed by atoms with Crippen LogP contribution < -0.4 is 10.2 Å². The van der Waals surface area contributed by atoms with Crippen molar-refractivity contribution >= 4 is 29.5 Å². The molecule has 1 aromatic rings. The second-order valence-corrected chi connectivity index (χ2v) is 12.0. The summed E-state index contributed by atoms with van der Waals surface area (Å²) in [6.45, 7) is 3.77. The molecule has 2 N–H and O–H groups in total. The number of carbonyl (C=O) groups excluding carboxylic acids is 2. The second-order valence-electron chi connectivity index (χ2n) is 10.9. The quantitative estimate of drug-likeness (QED) is 0.427. The van der Waals surface area contributed by atoms with Gasteiger partial charge < -0.3 is 20.1 Å². The van der Waals surface area contributed by atoms with Crippen LogP contribution in [0.4, 0.5) is 5.82 Å². The van der Waals surface area contributed by atoms with Gasteiger partial charge in [0.2, 0.25) is 0 Å². The number of nitrogens with zero attached hydrogens (tertiary/aromatic N) is 2. The van der Waals surface area contributed by atoms with E-state index in [0.717, 1.165) is 74.6 Å². The highest BCUT2D eigenvalue weighted by Gasteiger charge is 2.55. The Morgan fingerprint density at radius 2 is 2.03 bits per heavy atom. The van der Waals surface area contributed by atoms with Crippen molar-refractivity contribution in [1.82, 2.24) is 10.3 Å². The zero-order valence-corrected chi connectivity index (χ0v) is 21.1. The number of nitrogens with one attached hydrogen (secondary N) is 1. The number of pyridine rings is 1. The molecule has 4 saturated carbocycles. The molecule has 1 aromatic heterocycles. The van der Waals surface area contributed by atoms with Gasteiger partial charge in [0.15, 0.2) is 0 Å². The average Bonchev–Trinajstić information content (AvgIpc) is 3.27. The van der Waals surface area contributed by atoms with Crippen molar-refractivity contribution in [2.45, 2.75) is 75.0 Å². The van der Waals surface area contributed by atoms with Crippen LogP contribution in [0.2, 0.25) is 0 Å². The average molecular weight is 488 g/mol. The molecule has 186 valence electrons. The maximum atomic E-state index is 13.4. The summed E-state index contributed by atoms with van der Waals surface area (Å²) in [7, 11) is 1.43. The summed E-state index contributed by atoms with van der Waals surface area (Å²) in [6.07, 6.45) is 7.22. The number of esters is 1. The Kier molecular flexibility index (Phi) is 6.81. The van der Waals surface area contributed by atoms with E-state index in [1.54, 1.807) is 11.8 Å². The van der Waals surface area contributed by atoms with Gasteiger partial charge in [-0.1, -0.05) is 6.92 Å². The van der Waals surface area contributed by atoms with E-state index in [1.807, 2.05) is 12.1 Å². The van der Waals surface area contributed by atoms with Gasteiger partial charge in [-0.15, -0.1) is 11.8 Å². The topological polar surface area (TPSA) is 91.8 Å². The van der Waals surface area contributed by atoms with Crippen molar-refractivity contribution in [2.24, 2.45) is 23.7 Å². The number of aromatic nitrogens is 1. The first-order valence-electron chi connectivity index (χ1n) is 12.9. The number of carbonyl (C=O) groups is 2. The molecule has 5 aliphatic rings. The van der Waals surface area contributed by atoms with E-state index in [1.165, 1.54) is 7.11 Å². The summed E-state index contributed by atoms with van der Waals surface area (Å²) in [6, 6.07) is 4.03. The molecular weight excluding hydrogens is 450 g/mol. The van der Waals surface area contributed by atoms with Crippen LogP contribution >= 0.6 is 11.8 Å². The van der Waals surface area contributed by atoms with Gasteiger partial charge in [0.1, 0.15) is 10.8 Å². The predicted octanol–water partition coefficient (Wildman–Crippen LogP) is 3.64. The van der Waals surface area contributed by atoms with Gasteiger partial charge in [-0.2, -0.15) is 0 Å². The Bertz CT molecular complexity index is 925. The molecule has 0 aromatic carbocycles. The Balaban J connectivity index is 1.29. The van der Waals surface area contributed by atoms with Crippen molar-refractivity contribution in [3.05, 3.63) is 17.7 Å². The summed E-state index contributed by atoms with van der Waals surface area (Å²) in [5, 5.41) is 15.0. The predicted molar refractivity (Wildman–Crippen MR) is 132 cm³/mol. The van der Waals surface area contributed by atoms with E-state index in [2.05, 4.69) is 17.1 Å². The number of thioether (sulfide) groups is 1. The molecule has 1 amide bonds. The minimum atomic E-state index is -0.496. The molecule has 0 radical (unpaired) electrons. The van der Waals surface area contributed by atoms with Gasteiger partial charge >= 0.3 is 5.97 Å². The summed E-state index contributed by atoms with van der Waals surface area (Å²) in [4.78, 5) is 32.2. The molecule has 8 heteroatoms. The van der Waals surface area contributed by atoms with Crippen molar-refractivity contribution in [3.63, 3.8) is 0 Å². The minimum absolute atomic E-state index is 0.0351. The van der Waals surface area contributed by atoms with Gasteiger partial charge in [0, 0.05) is 19.1 Å². The second kappa shape index (κ2) is 9.69. The minimum Gasteiger partial charge on any atom is -0.469 e. The molecule has 7 nitrogen and oxygen atoms in total. The molecule has 6 rings (SSSR count). The standard InChI is InChI=1S/C26H37N3O4S/c1-3-8-34-25-20(4-5-21(27-25)29-7-6-16(15-29)11-22(30)33-2)24(31)28-23-18-9-17-10-19(23)14-26(32,12-17)13-18/h4-5,16-19,23,32H,3,6-15H2,1-2H3,(H,28,31)/t16-,17?,18-,19-,23?,26?/m0/s1. The lowest BCUT2D eigenvalue weighted by molar-refractivity contribution is -0.141. The number of anilines is 1. The van der Waals surface area contributed by atoms with Crippen LogP contribution in [0.3, 0.4) is 0 Å². The highest BCUT2D eigenvalue weighted by molar-refractivity contribution is 7.99. The zero-order chi connectivity index (χ0) is 23.9. The number of ether oxygens (including phenoxy) is 1. The first-order chi connectivity index (χ1) is 16.4. The fourth-order valence-corrected chi connectivity index (χ4v) is 7.93. The third-order valence-electron chi connectivity index (χ3n) is 8.36. The monoisotopic (exact) mass is 487 g/mol. The summed E-state index contributed by atoms with van der Waals surface area (Å²) < 4.78 is 4.83. The van der Waals surface area contributed by atoms with Gasteiger partial charge in [-0.05, 0) is 86.5 Å². The molecule has 4 aliphatic carbocycles. The normalized spacial score (nSPS) is 33.9. The number of aliphatic hydroxyl groups is 1. The third kappa shape index (κ3) is 4.81. The Labute approximate surface area is 206 Å². The van der Waals surface area contributed by atoms with Gasteiger partial charge in [-0.3, -0.25) is 9.59 Å². The van der Waals surface area contributed by atoms with Crippen molar-refractivity contribution < 1.29 is 19.4 Å². The summed E-state index contributed by atoms with van der Waals surface area (Å²) >= 11 is 1.64. The van der Waals surface area contributed by atoms with Gasteiger partial charge in [0.25, 0.3) is 5.91 Å². The molecule has 1 aliphatic heterocycles. The van der Waals surface area contributed by atoms with Crippen molar-refractivity contribution in [2.75, 3.05) is 30.9 Å². The van der Waals surface area contributed by atoms with Crippen molar-refractivity contribution in [1.29, 1.82) is 0 Å². The molecule has 4 bridgehead atoms. The van der Waals surface area contributed by atoms with E-state index < -0.39 is 5.60 Å². The first-order valence-corrected chi connectivity index (χ1v) is 13.8. The molecular formula is C26H37N3O4S. The largest absolute Gasteiger partial charge is 0.469 e. The number of amides is 1. The summed E-state index contributed by atoms with van der Waals surface area (Å²) in [5.74, 6) is 3.25. The number of methoxy groups -OCH3 is 1. The zero-order valence-electron chi connectivity index (χ0n) is 20.3. The van der Waals surface area contributed by atoms with Crippen LogP contribution in [-0.2, 0) is 9.53 Å². The van der Waals surface area contributed by atoms with E-state index in [4.69, 9.17) is 9.72 Å². The van der Waals surface area contributed by atoms with Crippen LogP contribution in [0.25, 0.3) is 0 Å². The maximum absolute atomic E-state index is 13.4. The molecule has 5 fully saturated rings. The van der Waals surface area contributed by atoms with Gasteiger partial charge in [0.05, 0.1) is 24.7 Å². The molecule has 34 heavy (non-hydrogen) atoms. The Hall–Kier alpha value is -1.80. The van der Waals surface area contributed by atoms with Gasteiger partial charge in [-0.25, -0.2) is 4.98 Å². The number of hydrogen-bond donors (Lipinski definition) is 2. The van der Waals surface area contributed by atoms with Crippen LogP contribution in [0.15, 0.2) is 17.2 Å². The third-order valence-corrected chi connectivity index (χ3v) is 9.56. The van der Waals surface area contributed by atoms with Crippen LogP contribution in [0, 0.1) is 23.7 Å².